The molecule has 0 aliphatic carbocycles. The highest BCUT2D eigenvalue weighted by atomic mass is 19.1. The summed E-state index contributed by atoms with van der Waals surface area (Å²) in [6.45, 7) is 0.749. The molecule has 1 amide bonds. The van der Waals surface area contributed by atoms with Gasteiger partial charge in [0.1, 0.15) is 17.7 Å². The van der Waals surface area contributed by atoms with E-state index in [9.17, 15) is 14.4 Å². The number of amides is 1. The molecule has 0 saturated heterocycles. The highest BCUT2D eigenvalue weighted by Crippen LogP contribution is 2.24. The molecule has 0 spiro atoms. The minimum Gasteiger partial charge on any atom is -0.369 e. The number of aromatic nitrogens is 4. The second kappa shape index (κ2) is 10.4. The van der Waals surface area contributed by atoms with Crippen LogP contribution in [0.1, 0.15) is 27.2 Å². The molecular formula is C25H22FN7O. The van der Waals surface area contributed by atoms with Crippen LogP contribution in [0.3, 0.4) is 0 Å². The smallest absolute Gasteiger partial charge is 0.255 e. The fourth-order valence-corrected chi connectivity index (χ4v) is 3.48. The number of hydrogen-bond acceptors (Lipinski definition) is 6. The standard InChI is InChI=1S/C25H22FN7O/c1-33-16-21(23(13-27)32-33)22-8-7-20(25(34)30-15-18-5-3-10-28-14-18)24(31-22)29-11-9-17-4-2-6-19(26)12-17/h2-8,10,12,14,16H,9,11,15H2,1H3,(H,29,31)(H,30,34). The first-order chi connectivity index (χ1) is 16.5. The molecule has 9 heteroatoms. The molecule has 0 radical (unpaired) electrons. The van der Waals surface area contributed by atoms with Crippen molar-refractivity contribution in [2.45, 2.75) is 13.0 Å². The van der Waals surface area contributed by atoms with E-state index in [1.54, 1.807) is 54.6 Å². The molecule has 0 aliphatic heterocycles. The molecule has 0 saturated carbocycles. The Hall–Kier alpha value is -4.58. The van der Waals surface area contributed by atoms with Gasteiger partial charge >= 0.3 is 0 Å². The van der Waals surface area contributed by atoms with Gasteiger partial charge < -0.3 is 10.6 Å². The Balaban J connectivity index is 1.58. The van der Waals surface area contributed by atoms with E-state index in [-0.39, 0.29) is 17.4 Å². The van der Waals surface area contributed by atoms with Gasteiger partial charge in [-0.25, -0.2) is 9.37 Å². The molecule has 170 valence electrons. The van der Waals surface area contributed by atoms with Crippen molar-refractivity contribution in [1.82, 2.24) is 25.1 Å². The lowest BCUT2D eigenvalue weighted by Crippen LogP contribution is -2.25. The summed E-state index contributed by atoms with van der Waals surface area (Å²) in [5.74, 6) is -0.234. The summed E-state index contributed by atoms with van der Waals surface area (Å²) in [6.07, 6.45) is 5.60. The second-order valence-electron chi connectivity index (χ2n) is 7.62. The Bertz CT molecular complexity index is 1350. The molecule has 1 aromatic carbocycles. The molecule has 2 N–H and O–H groups in total. The normalized spacial score (nSPS) is 10.5. The number of nitrogens with one attached hydrogen (secondary N) is 2. The molecule has 34 heavy (non-hydrogen) atoms. The first kappa shape index (κ1) is 22.6. The molecule has 8 nitrogen and oxygen atoms in total. The number of nitriles is 1. The topological polar surface area (TPSA) is 109 Å². The summed E-state index contributed by atoms with van der Waals surface area (Å²) in [6, 6.07) is 15.5. The first-order valence-electron chi connectivity index (χ1n) is 10.6. The van der Waals surface area contributed by atoms with Crippen LogP contribution in [0.25, 0.3) is 11.3 Å². The Kier molecular flexibility index (Phi) is 6.89. The minimum atomic E-state index is -0.303. The van der Waals surface area contributed by atoms with E-state index in [0.717, 1.165) is 11.1 Å². The van der Waals surface area contributed by atoms with Crippen molar-refractivity contribution in [3.05, 3.63) is 95.3 Å². The van der Waals surface area contributed by atoms with Crippen molar-refractivity contribution in [3.8, 4) is 17.3 Å². The van der Waals surface area contributed by atoms with Gasteiger partial charge in [0.2, 0.25) is 0 Å². The van der Waals surface area contributed by atoms with Crippen LogP contribution in [-0.2, 0) is 20.0 Å². The number of nitrogens with zero attached hydrogens (tertiary/aromatic N) is 5. The van der Waals surface area contributed by atoms with Gasteiger partial charge in [-0.1, -0.05) is 18.2 Å². The van der Waals surface area contributed by atoms with Crippen molar-refractivity contribution in [2.75, 3.05) is 11.9 Å². The molecule has 4 aromatic rings. The van der Waals surface area contributed by atoms with Gasteiger partial charge in [-0.15, -0.1) is 0 Å². The monoisotopic (exact) mass is 455 g/mol. The fourth-order valence-electron chi connectivity index (χ4n) is 3.48. The molecule has 3 heterocycles. The number of benzene rings is 1. The van der Waals surface area contributed by atoms with Crippen molar-refractivity contribution >= 4 is 11.7 Å². The van der Waals surface area contributed by atoms with Crippen LogP contribution in [0.15, 0.2) is 67.1 Å². The molecule has 0 bridgehead atoms. The van der Waals surface area contributed by atoms with Crippen LogP contribution in [0.5, 0.6) is 0 Å². The zero-order valence-corrected chi connectivity index (χ0v) is 18.5. The van der Waals surface area contributed by atoms with Crippen molar-refractivity contribution in [1.29, 1.82) is 5.26 Å². The van der Waals surface area contributed by atoms with Gasteiger partial charge in [-0.3, -0.25) is 14.5 Å². The summed E-state index contributed by atoms with van der Waals surface area (Å²) in [7, 11) is 1.72. The Morgan fingerprint density at radius 2 is 2.03 bits per heavy atom. The average Bonchev–Trinajstić information content (AvgIpc) is 3.24. The molecule has 0 atom stereocenters. The molecule has 0 unspecified atom stereocenters. The van der Waals surface area contributed by atoms with E-state index in [1.165, 1.54) is 12.1 Å². The zero-order valence-electron chi connectivity index (χ0n) is 18.5. The molecule has 0 aliphatic rings. The van der Waals surface area contributed by atoms with Gasteiger partial charge in [0.15, 0.2) is 5.69 Å². The lowest BCUT2D eigenvalue weighted by molar-refractivity contribution is 0.0951. The van der Waals surface area contributed by atoms with E-state index in [4.69, 9.17) is 0 Å². The molecule has 3 aromatic heterocycles. The zero-order chi connectivity index (χ0) is 23.9. The van der Waals surface area contributed by atoms with Crippen LogP contribution < -0.4 is 10.6 Å². The summed E-state index contributed by atoms with van der Waals surface area (Å²) in [5, 5.41) is 19.6. The van der Waals surface area contributed by atoms with Gasteiger partial charge in [0.25, 0.3) is 5.91 Å². The molecular weight excluding hydrogens is 433 g/mol. The van der Waals surface area contributed by atoms with Crippen LogP contribution in [0.2, 0.25) is 0 Å². The van der Waals surface area contributed by atoms with E-state index in [0.29, 0.717) is 42.1 Å². The predicted octanol–water partition coefficient (Wildman–Crippen LogP) is 3.47. The van der Waals surface area contributed by atoms with Crippen LogP contribution in [-0.4, -0.2) is 32.2 Å². The quantitative estimate of drug-likeness (QED) is 0.421. The van der Waals surface area contributed by atoms with Crippen LogP contribution in [0, 0.1) is 17.1 Å². The Morgan fingerprint density at radius 1 is 1.18 bits per heavy atom. The van der Waals surface area contributed by atoms with Gasteiger partial charge in [-0.05, 0) is 47.9 Å². The number of pyridine rings is 2. The Morgan fingerprint density at radius 3 is 2.79 bits per heavy atom. The third-order valence-corrected chi connectivity index (χ3v) is 5.12. The first-order valence-corrected chi connectivity index (χ1v) is 10.6. The lowest BCUT2D eigenvalue weighted by atomic mass is 10.1. The van der Waals surface area contributed by atoms with Crippen molar-refractivity contribution in [3.63, 3.8) is 0 Å². The Labute approximate surface area is 196 Å². The SMILES string of the molecule is Cn1cc(-c2ccc(C(=O)NCc3cccnc3)c(NCCc3cccc(F)c3)n2)c(C#N)n1. The molecule has 4 rings (SSSR count). The number of carbonyl (C=O) groups is 1. The molecule has 0 fully saturated rings. The van der Waals surface area contributed by atoms with Gasteiger partial charge in [0, 0.05) is 38.7 Å². The number of anilines is 1. The maximum absolute atomic E-state index is 13.5. The number of carbonyl (C=O) groups excluding carboxylic acids is 1. The van der Waals surface area contributed by atoms with Crippen molar-refractivity contribution < 1.29 is 9.18 Å². The van der Waals surface area contributed by atoms with E-state index < -0.39 is 0 Å². The van der Waals surface area contributed by atoms with E-state index >= 15 is 0 Å². The fraction of sp³-hybridized carbons (Fsp3) is 0.160. The highest BCUT2D eigenvalue weighted by Gasteiger charge is 2.17. The third kappa shape index (κ3) is 5.42. The van der Waals surface area contributed by atoms with Crippen LogP contribution in [0.4, 0.5) is 10.2 Å². The highest BCUT2D eigenvalue weighted by molar-refractivity contribution is 5.99. The predicted molar refractivity (Wildman–Crippen MR) is 125 cm³/mol. The second-order valence-corrected chi connectivity index (χ2v) is 7.62. The minimum absolute atomic E-state index is 0.245. The lowest BCUT2D eigenvalue weighted by Gasteiger charge is -2.13. The summed E-state index contributed by atoms with van der Waals surface area (Å²) < 4.78 is 15.0. The number of halogens is 1. The van der Waals surface area contributed by atoms with Crippen LogP contribution >= 0.6 is 0 Å². The largest absolute Gasteiger partial charge is 0.369 e. The maximum atomic E-state index is 13.5. The number of hydrogen-bond donors (Lipinski definition) is 2. The van der Waals surface area contributed by atoms with Gasteiger partial charge in [0.05, 0.1) is 16.8 Å². The van der Waals surface area contributed by atoms with Crippen molar-refractivity contribution in [2.24, 2.45) is 7.05 Å². The summed E-state index contributed by atoms with van der Waals surface area (Å²) in [4.78, 5) is 21.6. The number of rotatable bonds is 8. The van der Waals surface area contributed by atoms with Gasteiger partial charge in [-0.2, -0.15) is 10.4 Å². The summed E-state index contributed by atoms with van der Waals surface area (Å²) >= 11 is 0. The summed E-state index contributed by atoms with van der Waals surface area (Å²) in [5.41, 5.74) is 3.38. The third-order valence-electron chi connectivity index (χ3n) is 5.12. The van der Waals surface area contributed by atoms with E-state index in [1.807, 2.05) is 12.1 Å². The average molecular weight is 455 g/mol. The maximum Gasteiger partial charge on any atom is 0.255 e. The number of aryl methyl sites for hydroxylation is 1. The van der Waals surface area contributed by atoms with E-state index in [2.05, 4.69) is 31.8 Å².